The van der Waals surface area contributed by atoms with Gasteiger partial charge in [-0.1, -0.05) is 42.0 Å². The number of nitrogens with zero attached hydrogens (tertiary/aromatic N) is 2. The summed E-state index contributed by atoms with van der Waals surface area (Å²) in [5.41, 5.74) is 3.36. The van der Waals surface area contributed by atoms with Crippen molar-refractivity contribution in [2.75, 3.05) is 5.32 Å². The highest BCUT2D eigenvalue weighted by Crippen LogP contribution is 2.08. The molecule has 2 N–H and O–H groups in total. The predicted molar refractivity (Wildman–Crippen MR) is 98.1 cm³/mol. The molecule has 0 unspecified atom stereocenters. The topological polar surface area (TPSA) is 66.9 Å². The average Bonchev–Trinajstić information content (AvgIpc) is 2.66. The standard InChI is InChI=1S/C20H19FN4O/c1-14-3-2-4-16(11-14)13-23-20(26)18-9-10-19(25-24-18)22-12-15-5-7-17(21)8-6-15/h2-11H,12-13H2,1H3,(H,22,25)(H,23,26). The van der Waals surface area contributed by atoms with Crippen LogP contribution in [0.3, 0.4) is 0 Å². The van der Waals surface area contributed by atoms with Crippen LogP contribution < -0.4 is 10.6 Å². The van der Waals surface area contributed by atoms with Gasteiger partial charge in [0, 0.05) is 13.1 Å². The lowest BCUT2D eigenvalue weighted by Crippen LogP contribution is -2.24. The molecule has 0 fully saturated rings. The molecular formula is C20H19FN4O. The number of amides is 1. The summed E-state index contributed by atoms with van der Waals surface area (Å²) in [6.45, 7) is 2.94. The molecule has 0 bridgehead atoms. The largest absolute Gasteiger partial charge is 0.365 e. The third-order valence-corrected chi connectivity index (χ3v) is 3.82. The first-order valence-corrected chi connectivity index (χ1v) is 8.26. The van der Waals surface area contributed by atoms with Crippen LogP contribution in [0.5, 0.6) is 0 Å². The lowest BCUT2D eigenvalue weighted by atomic mass is 10.1. The number of benzene rings is 2. The van der Waals surface area contributed by atoms with Gasteiger partial charge in [-0.25, -0.2) is 4.39 Å². The van der Waals surface area contributed by atoms with E-state index in [0.29, 0.717) is 18.9 Å². The maximum Gasteiger partial charge on any atom is 0.272 e. The quantitative estimate of drug-likeness (QED) is 0.714. The number of hydrogen-bond acceptors (Lipinski definition) is 4. The zero-order valence-corrected chi connectivity index (χ0v) is 14.4. The fourth-order valence-electron chi connectivity index (χ4n) is 2.44. The monoisotopic (exact) mass is 350 g/mol. The Balaban J connectivity index is 1.53. The van der Waals surface area contributed by atoms with E-state index in [1.54, 1.807) is 24.3 Å². The number of carbonyl (C=O) groups is 1. The first-order valence-electron chi connectivity index (χ1n) is 8.26. The van der Waals surface area contributed by atoms with Gasteiger partial charge in [0.05, 0.1) is 0 Å². The normalized spacial score (nSPS) is 10.4. The molecule has 0 radical (unpaired) electrons. The van der Waals surface area contributed by atoms with Crippen molar-refractivity contribution in [2.45, 2.75) is 20.0 Å². The van der Waals surface area contributed by atoms with E-state index in [4.69, 9.17) is 0 Å². The predicted octanol–water partition coefficient (Wildman–Crippen LogP) is 3.47. The fourth-order valence-corrected chi connectivity index (χ4v) is 2.44. The van der Waals surface area contributed by atoms with Gasteiger partial charge in [-0.05, 0) is 42.3 Å². The average molecular weight is 350 g/mol. The number of rotatable bonds is 6. The molecule has 5 nitrogen and oxygen atoms in total. The first kappa shape index (κ1) is 17.5. The van der Waals surface area contributed by atoms with Gasteiger partial charge in [0.25, 0.3) is 5.91 Å². The summed E-state index contributed by atoms with van der Waals surface area (Å²) in [7, 11) is 0. The Morgan fingerprint density at radius 3 is 2.46 bits per heavy atom. The third-order valence-electron chi connectivity index (χ3n) is 3.82. The van der Waals surface area contributed by atoms with Crippen LogP contribution in [0.15, 0.2) is 60.7 Å². The Kier molecular flexibility index (Phi) is 5.53. The molecule has 0 aliphatic heterocycles. The van der Waals surface area contributed by atoms with Crippen molar-refractivity contribution in [3.8, 4) is 0 Å². The van der Waals surface area contributed by atoms with Crippen LogP contribution in [0.4, 0.5) is 10.2 Å². The Hall–Kier alpha value is -3.28. The van der Waals surface area contributed by atoms with Crippen LogP contribution in [0, 0.1) is 12.7 Å². The number of aryl methyl sites for hydroxylation is 1. The second-order valence-electron chi connectivity index (χ2n) is 5.96. The van der Waals surface area contributed by atoms with E-state index < -0.39 is 0 Å². The molecule has 3 aromatic rings. The second-order valence-corrected chi connectivity index (χ2v) is 5.96. The highest BCUT2D eigenvalue weighted by Gasteiger charge is 2.08. The molecule has 2 aromatic carbocycles. The molecule has 0 atom stereocenters. The Labute approximate surface area is 151 Å². The van der Waals surface area contributed by atoms with E-state index in [2.05, 4.69) is 20.8 Å². The summed E-state index contributed by atoms with van der Waals surface area (Å²) in [6, 6.07) is 17.5. The molecule has 0 aliphatic rings. The van der Waals surface area contributed by atoms with Gasteiger partial charge in [0.15, 0.2) is 5.69 Å². The van der Waals surface area contributed by atoms with E-state index >= 15 is 0 Å². The number of halogens is 1. The van der Waals surface area contributed by atoms with Gasteiger partial charge < -0.3 is 10.6 Å². The molecule has 3 rings (SSSR count). The molecule has 1 amide bonds. The van der Waals surface area contributed by atoms with Crippen molar-refractivity contribution < 1.29 is 9.18 Å². The summed E-state index contributed by atoms with van der Waals surface area (Å²) in [5.74, 6) is 0.00298. The van der Waals surface area contributed by atoms with Gasteiger partial charge >= 0.3 is 0 Å². The Bertz CT molecular complexity index is 879. The van der Waals surface area contributed by atoms with Crippen LogP contribution in [-0.4, -0.2) is 16.1 Å². The van der Waals surface area contributed by atoms with Crippen LogP contribution in [-0.2, 0) is 13.1 Å². The summed E-state index contributed by atoms with van der Waals surface area (Å²) >= 11 is 0. The van der Waals surface area contributed by atoms with E-state index in [0.717, 1.165) is 16.7 Å². The Morgan fingerprint density at radius 2 is 1.77 bits per heavy atom. The number of anilines is 1. The van der Waals surface area contributed by atoms with Crippen molar-refractivity contribution in [3.63, 3.8) is 0 Å². The first-order chi connectivity index (χ1) is 12.6. The van der Waals surface area contributed by atoms with Crippen molar-refractivity contribution in [1.29, 1.82) is 0 Å². The highest BCUT2D eigenvalue weighted by atomic mass is 19.1. The third kappa shape index (κ3) is 4.86. The summed E-state index contributed by atoms with van der Waals surface area (Å²) in [4.78, 5) is 12.2. The maximum atomic E-state index is 12.9. The van der Waals surface area contributed by atoms with E-state index in [1.807, 2.05) is 31.2 Å². The zero-order chi connectivity index (χ0) is 18.4. The molecule has 0 saturated heterocycles. The molecule has 6 heteroatoms. The minimum atomic E-state index is -0.274. The molecular weight excluding hydrogens is 331 g/mol. The van der Waals surface area contributed by atoms with E-state index in [-0.39, 0.29) is 17.4 Å². The molecule has 1 heterocycles. The lowest BCUT2D eigenvalue weighted by molar-refractivity contribution is 0.0945. The minimum absolute atomic E-state index is 0.255. The molecule has 0 spiro atoms. The van der Waals surface area contributed by atoms with Gasteiger partial charge in [-0.2, -0.15) is 0 Å². The second kappa shape index (κ2) is 8.20. The molecule has 26 heavy (non-hydrogen) atoms. The summed E-state index contributed by atoms with van der Waals surface area (Å²) < 4.78 is 12.9. The highest BCUT2D eigenvalue weighted by molar-refractivity contribution is 5.92. The van der Waals surface area contributed by atoms with Gasteiger partial charge in [0.2, 0.25) is 0 Å². The Morgan fingerprint density at radius 1 is 0.962 bits per heavy atom. The van der Waals surface area contributed by atoms with Crippen molar-refractivity contribution in [1.82, 2.24) is 15.5 Å². The lowest BCUT2D eigenvalue weighted by Gasteiger charge is -2.07. The molecule has 1 aromatic heterocycles. The maximum absolute atomic E-state index is 12.9. The van der Waals surface area contributed by atoms with Crippen LogP contribution in [0.2, 0.25) is 0 Å². The van der Waals surface area contributed by atoms with Crippen LogP contribution in [0.25, 0.3) is 0 Å². The van der Waals surface area contributed by atoms with Crippen molar-refractivity contribution in [3.05, 3.63) is 88.9 Å². The molecule has 0 saturated carbocycles. The van der Waals surface area contributed by atoms with Gasteiger partial charge in [-0.3, -0.25) is 4.79 Å². The van der Waals surface area contributed by atoms with Crippen molar-refractivity contribution in [2.24, 2.45) is 0 Å². The van der Waals surface area contributed by atoms with E-state index in [9.17, 15) is 9.18 Å². The van der Waals surface area contributed by atoms with Gasteiger partial charge in [-0.15, -0.1) is 10.2 Å². The van der Waals surface area contributed by atoms with Crippen molar-refractivity contribution >= 4 is 11.7 Å². The smallest absolute Gasteiger partial charge is 0.272 e. The van der Waals surface area contributed by atoms with Crippen LogP contribution in [0.1, 0.15) is 27.2 Å². The molecule has 132 valence electrons. The summed E-state index contributed by atoms with van der Waals surface area (Å²) in [5, 5.41) is 13.9. The van der Waals surface area contributed by atoms with E-state index in [1.165, 1.54) is 12.1 Å². The van der Waals surface area contributed by atoms with Crippen LogP contribution >= 0.6 is 0 Å². The van der Waals surface area contributed by atoms with Gasteiger partial charge in [0.1, 0.15) is 11.6 Å². The minimum Gasteiger partial charge on any atom is -0.365 e. The number of nitrogens with one attached hydrogen (secondary N) is 2. The number of carbonyl (C=O) groups excluding carboxylic acids is 1. The zero-order valence-electron chi connectivity index (χ0n) is 14.4. The number of aromatic nitrogens is 2. The number of hydrogen-bond donors (Lipinski definition) is 2. The fraction of sp³-hybridized carbons (Fsp3) is 0.150. The summed E-state index contributed by atoms with van der Waals surface area (Å²) in [6.07, 6.45) is 0. The SMILES string of the molecule is Cc1cccc(CNC(=O)c2ccc(NCc3ccc(F)cc3)nn2)c1. The molecule has 0 aliphatic carbocycles.